The van der Waals surface area contributed by atoms with Crippen LogP contribution in [0.25, 0.3) is 5.65 Å². The molecule has 3 heterocycles. The number of hydrogen-bond acceptors (Lipinski definition) is 5. The van der Waals surface area contributed by atoms with Gasteiger partial charge in [-0.3, -0.25) is 4.79 Å². The fourth-order valence-electron chi connectivity index (χ4n) is 2.10. The number of aromatic nitrogens is 2. The maximum absolute atomic E-state index is 12.0. The topological polar surface area (TPSA) is 107 Å². The van der Waals surface area contributed by atoms with Crippen LogP contribution in [0.5, 0.6) is 0 Å². The molecule has 0 aromatic carbocycles. The molecule has 0 spiro atoms. The van der Waals surface area contributed by atoms with Gasteiger partial charge in [0.15, 0.2) is 0 Å². The van der Waals surface area contributed by atoms with Crippen LogP contribution in [0.3, 0.4) is 0 Å². The van der Waals surface area contributed by atoms with Crippen molar-refractivity contribution in [2.45, 2.75) is 10.6 Å². The summed E-state index contributed by atoms with van der Waals surface area (Å²) in [7, 11) is -3.77. The third-order valence-electron chi connectivity index (χ3n) is 3.20. The first-order valence-corrected chi connectivity index (χ1v) is 9.18. The zero-order valence-corrected chi connectivity index (χ0v) is 13.6. The van der Waals surface area contributed by atoms with E-state index in [4.69, 9.17) is 5.14 Å². The number of rotatable bonds is 5. The molecular weight excluding hydrogens is 336 g/mol. The van der Waals surface area contributed by atoms with Gasteiger partial charge in [-0.05, 0) is 18.2 Å². The minimum Gasteiger partial charge on any atom is -0.352 e. The number of thiophene rings is 1. The highest BCUT2D eigenvalue weighted by Crippen LogP contribution is 2.18. The summed E-state index contributed by atoms with van der Waals surface area (Å²) in [5.41, 5.74) is 2.01. The molecule has 3 aromatic rings. The van der Waals surface area contributed by atoms with Gasteiger partial charge in [0, 0.05) is 30.7 Å². The molecule has 0 unspecified atom stereocenters. The highest BCUT2D eigenvalue weighted by molar-refractivity contribution is 7.91. The third kappa shape index (κ3) is 3.58. The summed E-state index contributed by atoms with van der Waals surface area (Å²) in [5.74, 6) is -0.333. The number of sulfonamides is 1. The van der Waals surface area contributed by atoms with Gasteiger partial charge in [0.05, 0.1) is 11.3 Å². The molecule has 3 rings (SSSR count). The molecule has 0 radical (unpaired) electrons. The smallest absolute Gasteiger partial charge is 0.252 e. The van der Waals surface area contributed by atoms with E-state index in [2.05, 4.69) is 10.3 Å². The minimum absolute atomic E-state index is 0.0250. The zero-order chi connectivity index (χ0) is 16.4. The number of fused-ring (bicyclic) bond motifs is 1. The predicted molar refractivity (Wildman–Crippen MR) is 86.9 cm³/mol. The number of carbonyl (C=O) groups is 1. The van der Waals surface area contributed by atoms with E-state index in [9.17, 15) is 13.2 Å². The van der Waals surface area contributed by atoms with Gasteiger partial charge in [-0.15, -0.1) is 11.3 Å². The van der Waals surface area contributed by atoms with Crippen LogP contribution < -0.4 is 10.5 Å². The van der Waals surface area contributed by atoms with Crippen molar-refractivity contribution in [3.8, 4) is 0 Å². The van der Waals surface area contributed by atoms with E-state index in [-0.39, 0.29) is 15.7 Å². The fraction of sp³-hybridized carbons (Fsp3) is 0.143. The lowest BCUT2D eigenvalue weighted by molar-refractivity contribution is 0.0954. The summed E-state index contributed by atoms with van der Waals surface area (Å²) >= 11 is 0.928. The lowest BCUT2D eigenvalue weighted by atomic mass is 10.3. The SMILES string of the molecule is NS(=O)(=O)c1cc(C(=O)NCCc2cn3ccccc3n2)cs1. The fourth-order valence-corrected chi connectivity index (χ4v) is 3.68. The Balaban J connectivity index is 1.59. The van der Waals surface area contributed by atoms with Crippen LogP contribution in [0.15, 0.2) is 46.2 Å². The number of nitrogens with two attached hydrogens (primary N) is 1. The van der Waals surface area contributed by atoms with Crippen LogP contribution >= 0.6 is 11.3 Å². The summed E-state index contributed by atoms with van der Waals surface area (Å²) in [6.45, 7) is 0.406. The van der Waals surface area contributed by atoms with Crippen molar-refractivity contribution < 1.29 is 13.2 Å². The Labute approximate surface area is 136 Å². The van der Waals surface area contributed by atoms with Crippen LogP contribution in [0.4, 0.5) is 0 Å². The molecule has 0 aliphatic rings. The normalized spacial score (nSPS) is 11.7. The lowest BCUT2D eigenvalue weighted by Crippen LogP contribution is -2.25. The number of pyridine rings is 1. The van der Waals surface area contributed by atoms with Crippen molar-refractivity contribution in [1.82, 2.24) is 14.7 Å². The Bertz CT molecular complexity index is 926. The largest absolute Gasteiger partial charge is 0.352 e. The Morgan fingerprint density at radius 3 is 2.91 bits per heavy atom. The van der Waals surface area contributed by atoms with E-state index in [0.717, 1.165) is 22.7 Å². The van der Waals surface area contributed by atoms with Gasteiger partial charge >= 0.3 is 0 Å². The Morgan fingerprint density at radius 2 is 2.22 bits per heavy atom. The van der Waals surface area contributed by atoms with Crippen LogP contribution in [0, 0.1) is 0 Å². The van der Waals surface area contributed by atoms with Crippen molar-refractivity contribution in [3.05, 3.63) is 53.3 Å². The standard InChI is InChI=1S/C14H14N4O3S2/c15-23(20,21)13-7-10(9-22-13)14(19)16-5-4-11-8-18-6-2-1-3-12(18)17-11/h1-3,6-9H,4-5H2,(H,16,19)(H2,15,20,21). The third-order valence-corrected chi connectivity index (χ3v) is 5.58. The average Bonchev–Trinajstić information content (AvgIpc) is 3.13. The van der Waals surface area contributed by atoms with E-state index >= 15 is 0 Å². The second-order valence-corrected chi connectivity index (χ2v) is 7.60. The van der Waals surface area contributed by atoms with Crippen molar-refractivity contribution >= 4 is 32.9 Å². The zero-order valence-electron chi connectivity index (χ0n) is 12.0. The molecule has 3 N–H and O–H groups in total. The van der Waals surface area contributed by atoms with Crippen molar-refractivity contribution in [1.29, 1.82) is 0 Å². The quantitative estimate of drug-likeness (QED) is 0.716. The van der Waals surface area contributed by atoms with Crippen molar-refractivity contribution in [2.75, 3.05) is 6.54 Å². The van der Waals surface area contributed by atoms with Crippen molar-refractivity contribution in [3.63, 3.8) is 0 Å². The van der Waals surface area contributed by atoms with Crippen LogP contribution in [0.2, 0.25) is 0 Å². The summed E-state index contributed by atoms with van der Waals surface area (Å²) in [6, 6.07) is 7.01. The van der Waals surface area contributed by atoms with Gasteiger partial charge in [0.25, 0.3) is 5.91 Å². The molecule has 0 aliphatic carbocycles. The molecule has 3 aromatic heterocycles. The monoisotopic (exact) mass is 350 g/mol. The first-order valence-electron chi connectivity index (χ1n) is 6.75. The van der Waals surface area contributed by atoms with Gasteiger partial charge in [-0.2, -0.15) is 0 Å². The lowest BCUT2D eigenvalue weighted by Gasteiger charge is -2.01. The first-order chi connectivity index (χ1) is 10.9. The minimum atomic E-state index is -3.77. The highest BCUT2D eigenvalue weighted by atomic mass is 32.2. The molecule has 7 nitrogen and oxygen atoms in total. The average molecular weight is 350 g/mol. The van der Waals surface area contributed by atoms with Crippen molar-refractivity contribution in [2.24, 2.45) is 5.14 Å². The molecule has 1 amide bonds. The van der Waals surface area contributed by atoms with Crippen LogP contribution in [-0.4, -0.2) is 30.3 Å². The molecule has 23 heavy (non-hydrogen) atoms. The Hall–Kier alpha value is -2.23. The second-order valence-electron chi connectivity index (χ2n) is 4.90. The summed E-state index contributed by atoms with van der Waals surface area (Å²) in [4.78, 5) is 16.4. The number of hydrogen-bond donors (Lipinski definition) is 2. The van der Waals surface area contributed by atoms with Gasteiger partial charge in [0.1, 0.15) is 9.86 Å². The van der Waals surface area contributed by atoms with E-state index in [1.165, 1.54) is 11.4 Å². The maximum atomic E-state index is 12.0. The molecular formula is C14H14N4O3S2. The molecule has 0 atom stereocenters. The molecule has 9 heteroatoms. The number of nitrogens with one attached hydrogen (secondary N) is 1. The Morgan fingerprint density at radius 1 is 1.39 bits per heavy atom. The van der Waals surface area contributed by atoms with Gasteiger partial charge in [0.2, 0.25) is 10.0 Å². The van der Waals surface area contributed by atoms with Gasteiger partial charge < -0.3 is 9.72 Å². The summed E-state index contributed by atoms with van der Waals surface area (Å²) < 4.78 is 24.3. The van der Waals surface area contributed by atoms with E-state index in [0.29, 0.717) is 13.0 Å². The summed E-state index contributed by atoms with van der Waals surface area (Å²) in [5, 5.41) is 9.24. The Kier molecular flexibility index (Phi) is 4.16. The van der Waals surface area contributed by atoms with E-state index in [1.54, 1.807) is 0 Å². The number of nitrogens with zero attached hydrogens (tertiary/aromatic N) is 2. The number of primary sulfonamides is 1. The van der Waals surface area contributed by atoms with E-state index < -0.39 is 10.0 Å². The number of imidazole rings is 1. The molecule has 0 fully saturated rings. The van der Waals surface area contributed by atoms with Crippen LogP contribution in [-0.2, 0) is 16.4 Å². The highest BCUT2D eigenvalue weighted by Gasteiger charge is 2.15. The molecule has 0 saturated carbocycles. The second kappa shape index (κ2) is 6.11. The predicted octanol–water partition coefficient (Wildman–Crippen LogP) is 1.02. The first kappa shape index (κ1) is 15.7. The van der Waals surface area contributed by atoms with Gasteiger partial charge in [-0.1, -0.05) is 6.07 Å². The molecule has 0 saturated heterocycles. The van der Waals surface area contributed by atoms with Gasteiger partial charge in [-0.25, -0.2) is 18.5 Å². The van der Waals surface area contributed by atoms with Crippen LogP contribution in [0.1, 0.15) is 16.1 Å². The maximum Gasteiger partial charge on any atom is 0.252 e. The molecule has 0 aliphatic heterocycles. The molecule has 120 valence electrons. The number of amides is 1. The summed E-state index contributed by atoms with van der Waals surface area (Å²) in [6.07, 6.45) is 4.40. The number of carbonyl (C=O) groups excluding carboxylic acids is 1. The molecule has 0 bridgehead atoms. The van der Waals surface area contributed by atoms with E-state index in [1.807, 2.05) is 35.0 Å².